The van der Waals surface area contributed by atoms with Gasteiger partial charge in [-0.3, -0.25) is 0 Å². The third kappa shape index (κ3) is 2.34. The Balaban J connectivity index is 1.94. The molecule has 3 rings (SSSR count). The fraction of sp³-hybridized carbons (Fsp3) is 0.250. The van der Waals surface area contributed by atoms with Gasteiger partial charge in [0.2, 0.25) is 0 Å². The van der Waals surface area contributed by atoms with Gasteiger partial charge >= 0.3 is 0 Å². The number of benzene rings is 2. The molecule has 2 aromatic rings. The van der Waals surface area contributed by atoms with E-state index >= 15 is 0 Å². The lowest BCUT2D eigenvalue weighted by molar-refractivity contribution is 0.0652. The highest BCUT2D eigenvalue weighted by atomic mass is 19.1. The minimum absolute atomic E-state index is 0.311. The second-order valence-corrected chi connectivity index (χ2v) is 4.82. The van der Waals surface area contributed by atoms with Crippen LogP contribution in [0.1, 0.15) is 29.8 Å². The van der Waals surface area contributed by atoms with E-state index in [2.05, 4.69) is 0 Å². The molecule has 0 spiro atoms. The Morgan fingerprint density at radius 3 is 2.90 bits per heavy atom. The smallest absolute Gasteiger partial charge is 0.128 e. The van der Waals surface area contributed by atoms with Gasteiger partial charge in [-0.05, 0) is 29.8 Å². The maximum atomic E-state index is 13.3. The van der Waals surface area contributed by atoms with Gasteiger partial charge in [0.25, 0.3) is 0 Å². The molecule has 1 N–H and O–H groups in total. The zero-order chi connectivity index (χ0) is 14.1. The molecule has 3 nitrogen and oxygen atoms in total. The van der Waals surface area contributed by atoms with Crippen molar-refractivity contribution in [2.45, 2.75) is 18.6 Å². The van der Waals surface area contributed by atoms with Crippen molar-refractivity contribution in [3.05, 3.63) is 59.4 Å². The Morgan fingerprint density at radius 1 is 1.25 bits per heavy atom. The molecule has 0 radical (unpaired) electrons. The topological polar surface area (TPSA) is 38.7 Å². The van der Waals surface area contributed by atoms with E-state index in [0.717, 1.165) is 11.3 Å². The summed E-state index contributed by atoms with van der Waals surface area (Å²) in [4.78, 5) is 0. The van der Waals surface area contributed by atoms with Crippen molar-refractivity contribution in [3.63, 3.8) is 0 Å². The molecule has 104 valence electrons. The first kappa shape index (κ1) is 12.9. The van der Waals surface area contributed by atoms with Gasteiger partial charge in [0.1, 0.15) is 23.4 Å². The molecule has 0 bridgehead atoms. The minimum Gasteiger partial charge on any atom is -0.497 e. The van der Waals surface area contributed by atoms with Gasteiger partial charge in [-0.2, -0.15) is 0 Å². The van der Waals surface area contributed by atoms with Crippen LogP contribution < -0.4 is 9.47 Å². The van der Waals surface area contributed by atoms with Crippen LogP contribution in [0.2, 0.25) is 0 Å². The van der Waals surface area contributed by atoms with Crippen molar-refractivity contribution in [2.24, 2.45) is 0 Å². The first-order valence-corrected chi connectivity index (χ1v) is 6.45. The average molecular weight is 274 g/mol. The Labute approximate surface area is 116 Å². The second-order valence-electron chi connectivity index (χ2n) is 4.82. The van der Waals surface area contributed by atoms with E-state index in [1.54, 1.807) is 13.2 Å². The maximum Gasteiger partial charge on any atom is 0.128 e. The predicted octanol–water partition coefficient (Wildman–Crippen LogP) is 3.39. The number of methoxy groups -OCH3 is 1. The molecule has 1 heterocycles. The standard InChI is InChI=1S/C16H15FO3/c1-19-12-4-2-3-10(7-12)15-9-14(18)13-6-5-11(17)8-16(13)20-15/h2-8,14-15,18H,9H2,1H3. The number of halogens is 1. The minimum atomic E-state index is -0.657. The summed E-state index contributed by atoms with van der Waals surface area (Å²) in [6, 6.07) is 11.7. The fourth-order valence-corrected chi connectivity index (χ4v) is 2.46. The predicted molar refractivity (Wildman–Crippen MR) is 72.3 cm³/mol. The number of hydrogen-bond acceptors (Lipinski definition) is 3. The van der Waals surface area contributed by atoms with Gasteiger partial charge in [-0.15, -0.1) is 0 Å². The summed E-state index contributed by atoms with van der Waals surface area (Å²) in [5.41, 5.74) is 1.53. The van der Waals surface area contributed by atoms with Gasteiger partial charge in [0.15, 0.2) is 0 Å². The Hall–Kier alpha value is -2.07. The Morgan fingerprint density at radius 2 is 2.10 bits per heavy atom. The van der Waals surface area contributed by atoms with Crippen molar-refractivity contribution in [1.82, 2.24) is 0 Å². The van der Waals surface area contributed by atoms with Crippen molar-refractivity contribution in [1.29, 1.82) is 0 Å². The van der Waals surface area contributed by atoms with Crippen LogP contribution in [0.5, 0.6) is 11.5 Å². The largest absolute Gasteiger partial charge is 0.497 e. The van der Waals surface area contributed by atoms with E-state index < -0.39 is 6.10 Å². The molecular weight excluding hydrogens is 259 g/mol. The number of rotatable bonds is 2. The van der Waals surface area contributed by atoms with Crippen LogP contribution in [0, 0.1) is 5.82 Å². The second kappa shape index (κ2) is 5.13. The lowest BCUT2D eigenvalue weighted by atomic mass is 9.95. The molecule has 0 fully saturated rings. The lowest BCUT2D eigenvalue weighted by Crippen LogP contribution is -2.19. The molecule has 4 heteroatoms. The van der Waals surface area contributed by atoms with Crippen LogP contribution in [-0.2, 0) is 0 Å². The summed E-state index contributed by atoms with van der Waals surface area (Å²) >= 11 is 0. The zero-order valence-corrected chi connectivity index (χ0v) is 11.0. The van der Waals surface area contributed by atoms with Crippen LogP contribution in [0.15, 0.2) is 42.5 Å². The number of aliphatic hydroxyl groups excluding tert-OH is 1. The van der Waals surface area contributed by atoms with E-state index in [1.165, 1.54) is 12.1 Å². The Bertz CT molecular complexity index is 627. The van der Waals surface area contributed by atoms with Crippen LogP contribution in [0.4, 0.5) is 4.39 Å². The highest BCUT2D eigenvalue weighted by molar-refractivity contribution is 5.39. The summed E-state index contributed by atoms with van der Waals surface area (Å²) < 4.78 is 24.3. The third-order valence-corrected chi connectivity index (χ3v) is 3.51. The SMILES string of the molecule is COc1cccc(C2CC(O)c3ccc(F)cc3O2)c1. The van der Waals surface area contributed by atoms with E-state index in [4.69, 9.17) is 9.47 Å². The normalized spacial score (nSPS) is 20.9. The quantitative estimate of drug-likeness (QED) is 0.912. The van der Waals surface area contributed by atoms with E-state index in [9.17, 15) is 9.50 Å². The van der Waals surface area contributed by atoms with E-state index in [0.29, 0.717) is 17.7 Å². The summed E-state index contributed by atoms with van der Waals surface area (Å²) in [5, 5.41) is 10.2. The molecule has 1 aliphatic heterocycles. The van der Waals surface area contributed by atoms with Crippen molar-refractivity contribution in [3.8, 4) is 11.5 Å². The van der Waals surface area contributed by atoms with Crippen molar-refractivity contribution < 1.29 is 19.0 Å². The summed E-state index contributed by atoms with van der Waals surface area (Å²) in [6.45, 7) is 0. The maximum absolute atomic E-state index is 13.3. The molecule has 2 aromatic carbocycles. The molecular formula is C16H15FO3. The molecule has 2 atom stereocenters. The molecule has 20 heavy (non-hydrogen) atoms. The summed E-state index contributed by atoms with van der Waals surface area (Å²) in [5.74, 6) is 0.754. The van der Waals surface area contributed by atoms with Gasteiger partial charge < -0.3 is 14.6 Å². The summed E-state index contributed by atoms with van der Waals surface area (Å²) in [7, 11) is 1.60. The lowest BCUT2D eigenvalue weighted by Gasteiger charge is -2.30. The Kier molecular flexibility index (Phi) is 3.32. The van der Waals surface area contributed by atoms with Gasteiger partial charge in [-0.25, -0.2) is 4.39 Å². The molecule has 2 unspecified atom stereocenters. The van der Waals surface area contributed by atoms with Crippen molar-refractivity contribution >= 4 is 0 Å². The van der Waals surface area contributed by atoms with E-state index in [1.807, 2.05) is 24.3 Å². The van der Waals surface area contributed by atoms with Gasteiger partial charge in [0, 0.05) is 18.1 Å². The molecule has 0 saturated heterocycles. The van der Waals surface area contributed by atoms with Crippen LogP contribution in [0.3, 0.4) is 0 Å². The first-order valence-electron chi connectivity index (χ1n) is 6.45. The average Bonchev–Trinajstić information content (AvgIpc) is 2.46. The number of ether oxygens (including phenoxy) is 2. The summed E-state index contributed by atoms with van der Waals surface area (Å²) in [6.07, 6.45) is -0.531. The highest BCUT2D eigenvalue weighted by Crippen LogP contribution is 2.41. The third-order valence-electron chi connectivity index (χ3n) is 3.51. The van der Waals surface area contributed by atoms with Crippen molar-refractivity contribution in [2.75, 3.05) is 7.11 Å². The fourth-order valence-electron chi connectivity index (χ4n) is 2.46. The van der Waals surface area contributed by atoms with Gasteiger partial charge in [0.05, 0.1) is 13.2 Å². The molecule has 0 aromatic heterocycles. The van der Waals surface area contributed by atoms with Crippen LogP contribution in [-0.4, -0.2) is 12.2 Å². The van der Waals surface area contributed by atoms with Crippen LogP contribution >= 0.6 is 0 Å². The number of hydrogen-bond donors (Lipinski definition) is 1. The number of fused-ring (bicyclic) bond motifs is 1. The van der Waals surface area contributed by atoms with Gasteiger partial charge in [-0.1, -0.05) is 12.1 Å². The van der Waals surface area contributed by atoms with E-state index in [-0.39, 0.29) is 11.9 Å². The van der Waals surface area contributed by atoms with Crippen LogP contribution in [0.25, 0.3) is 0 Å². The highest BCUT2D eigenvalue weighted by Gasteiger charge is 2.28. The molecule has 1 aliphatic rings. The molecule has 0 aliphatic carbocycles. The zero-order valence-electron chi connectivity index (χ0n) is 11.0. The molecule has 0 saturated carbocycles. The first-order chi connectivity index (χ1) is 9.67. The monoisotopic (exact) mass is 274 g/mol. The molecule has 0 amide bonds. The number of aliphatic hydroxyl groups is 1.